The second-order valence-electron chi connectivity index (χ2n) is 4.34. The first-order chi connectivity index (χ1) is 8.21. The zero-order chi connectivity index (χ0) is 12.4. The zero-order valence-corrected chi connectivity index (χ0v) is 10.6. The van der Waals surface area contributed by atoms with Crippen LogP contribution in [0.4, 0.5) is 0 Å². The Morgan fingerprint density at radius 3 is 2.76 bits per heavy atom. The number of nitrogens with zero attached hydrogens (tertiary/aromatic N) is 3. The van der Waals surface area contributed by atoms with Gasteiger partial charge in [0.2, 0.25) is 0 Å². The van der Waals surface area contributed by atoms with Gasteiger partial charge >= 0.3 is 0 Å². The fraction of sp³-hybridized carbons (Fsp3) is 0.429. The lowest BCUT2D eigenvalue weighted by molar-refractivity contribution is 0.617. The van der Waals surface area contributed by atoms with E-state index in [1.54, 1.807) is 0 Å². The molecule has 0 radical (unpaired) electrons. The number of aryl methyl sites for hydroxylation is 1. The van der Waals surface area contributed by atoms with Crippen LogP contribution in [-0.4, -0.2) is 9.55 Å². The highest BCUT2D eigenvalue weighted by Crippen LogP contribution is 2.24. The number of nitriles is 1. The van der Waals surface area contributed by atoms with Gasteiger partial charge in [-0.15, -0.1) is 0 Å². The van der Waals surface area contributed by atoms with Crippen molar-refractivity contribution in [2.45, 2.75) is 39.7 Å². The van der Waals surface area contributed by atoms with Crippen LogP contribution in [0.3, 0.4) is 0 Å². The number of imidazole rings is 1. The van der Waals surface area contributed by atoms with E-state index < -0.39 is 0 Å². The quantitative estimate of drug-likeness (QED) is 0.806. The molecule has 0 aliphatic carbocycles. The average molecular weight is 227 g/mol. The molecule has 0 saturated carbocycles. The summed E-state index contributed by atoms with van der Waals surface area (Å²) in [4.78, 5) is 4.67. The molecule has 1 unspecified atom stereocenters. The van der Waals surface area contributed by atoms with Crippen LogP contribution in [0.1, 0.15) is 44.5 Å². The van der Waals surface area contributed by atoms with Crippen LogP contribution in [0.15, 0.2) is 18.2 Å². The second kappa shape index (κ2) is 4.58. The lowest BCUT2D eigenvalue weighted by Crippen LogP contribution is -2.04. The molecule has 1 atom stereocenters. The summed E-state index contributed by atoms with van der Waals surface area (Å²) >= 11 is 0. The minimum atomic E-state index is 0.452. The highest BCUT2D eigenvalue weighted by Gasteiger charge is 2.14. The molecule has 3 nitrogen and oxygen atoms in total. The number of fused-ring (bicyclic) bond motifs is 1. The molecule has 0 aliphatic heterocycles. The second-order valence-corrected chi connectivity index (χ2v) is 4.34. The van der Waals surface area contributed by atoms with Gasteiger partial charge in [-0.05, 0) is 31.5 Å². The van der Waals surface area contributed by atoms with Crippen LogP contribution in [0.25, 0.3) is 11.0 Å². The number of rotatable bonds is 3. The van der Waals surface area contributed by atoms with E-state index in [4.69, 9.17) is 5.26 Å². The van der Waals surface area contributed by atoms with Gasteiger partial charge in [0.1, 0.15) is 5.82 Å². The number of benzene rings is 1. The summed E-state index contributed by atoms with van der Waals surface area (Å²) < 4.78 is 2.24. The largest absolute Gasteiger partial charge is 0.328 e. The zero-order valence-electron chi connectivity index (χ0n) is 10.6. The first-order valence-corrected chi connectivity index (χ1v) is 6.11. The third-order valence-corrected chi connectivity index (χ3v) is 3.28. The van der Waals surface area contributed by atoms with Crippen molar-refractivity contribution in [3.63, 3.8) is 0 Å². The average Bonchev–Trinajstić information content (AvgIpc) is 2.74. The van der Waals surface area contributed by atoms with Crippen LogP contribution < -0.4 is 0 Å². The molecular weight excluding hydrogens is 210 g/mol. The van der Waals surface area contributed by atoms with Gasteiger partial charge in [0, 0.05) is 12.5 Å². The van der Waals surface area contributed by atoms with Crippen LogP contribution in [-0.2, 0) is 6.54 Å². The Morgan fingerprint density at radius 1 is 1.41 bits per heavy atom. The fourth-order valence-corrected chi connectivity index (χ4v) is 2.11. The lowest BCUT2D eigenvalue weighted by Gasteiger charge is -2.10. The van der Waals surface area contributed by atoms with Gasteiger partial charge in [0.15, 0.2) is 0 Å². The van der Waals surface area contributed by atoms with Gasteiger partial charge in [-0.3, -0.25) is 0 Å². The molecule has 0 aliphatic rings. The van der Waals surface area contributed by atoms with Gasteiger partial charge in [0.05, 0.1) is 22.7 Å². The number of aromatic nitrogens is 2. The van der Waals surface area contributed by atoms with E-state index >= 15 is 0 Å². The molecule has 1 heterocycles. The summed E-state index contributed by atoms with van der Waals surface area (Å²) in [6.45, 7) is 7.41. The van der Waals surface area contributed by atoms with E-state index in [1.807, 2.05) is 18.2 Å². The Labute approximate surface area is 102 Å². The Morgan fingerprint density at radius 2 is 2.18 bits per heavy atom. The third-order valence-electron chi connectivity index (χ3n) is 3.28. The Kier molecular flexibility index (Phi) is 3.14. The molecule has 0 saturated heterocycles. The third kappa shape index (κ3) is 1.91. The molecule has 17 heavy (non-hydrogen) atoms. The van der Waals surface area contributed by atoms with Gasteiger partial charge in [-0.2, -0.15) is 5.26 Å². The summed E-state index contributed by atoms with van der Waals surface area (Å²) in [6.07, 6.45) is 1.08. The highest BCUT2D eigenvalue weighted by atomic mass is 15.1. The molecule has 0 fully saturated rings. The highest BCUT2D eigenvalue weighted by molar-refractivity contribution is 5.77. The van der Waals surface area contributed by atoms with Crippen LogP contribution in [0.2, 0.25) is 0 Å². The van der Waals surface area contributed by atoms with E-state index in [2.05, 4.69) is 36.4 Å². The van der Waals surface area contributed by atoms with Gasteiger partial charge < -0.3 is 4.57 Å². The molecular formula is C14H17N3. The van der Waals surface area contributed by atoms with Crippen molar-refractivity contribution in [1.82, 2.24) is 9.55 Å². The monoisotopic (exact) mass is 227 g/mol. The van der Waals surface area contributed by atoms with E-state index in [1.165, 1.54) is 0 Å². The Bertz CT molecular complexity index is 575. The summed E-state index contributed by atoms with van der Waals surface area (Å²) in [6, 6.07) is 7.88. The number of hydrogen-bond donors (Lipinski definition) is 0. The summed E-state index contributed by atoms with van der Waals surface area (Å²) in [5, 5.41) is 8.90. The molecule has 0 amide bonds. The Hall–Kier alpha value is -1.82. The van der Waals surface area contributed by atoms with E-state index in [-0.39, 0.29) is 0 Å². The predicted molar refractivity (Wildman–Crippen MR) is 68.8 cm³/mol. The molecule has 2 rings (SSSR count). The first kappa shape index (κ1) is 11.7. The van der Waals surface area contributed by atoms with Crippen molar-refractivity contribution < 1.29 is 0 Å². The molecule has 1 aromatic carbocycles. The van der Waals surface area contributed by atoms with Crippen molar-refractivity contribution in [1.29, 1.82) is 5.26 Å². The molecule has 3 heteroatoms. The number of hydrogen-bond acceptors (Lipinski definition) is 2. The Balaban J connectivity index is 2.66. The fourth-order valence-electron chi connectivity index (χ4n) is 2.11. The van der Waals surface area contributed by atoms with Crippen molar-refractivity contribution >= 4 is 11.0 Å². The summed E-state index contributed by atoms with van der Waals surface area (Å²) in [7, 11) is 0. The minimum absolute atomic E-state index is 0.452. The van der Waals surface area contributed by atoms with Crippen LogP contribution in [0.5, 0.6) is 0 Å². The predicted octanol–water partition coefficient (Wildman–Crippen LogP) is 3.44. The maximum Gasteiger partial charge on any atom is 0.112 e. The van der Waals surface area contributed by atoms with Crippen LogP contribution in [0, 0.1) is 11.3 Å². The normalized spacial score (nSPS) is 12.6. The molecule has 1 aromatic heterocycles. The summed E-state index contributed by atoms with van der Waals surface area (Å²) in [5.41, 5.74) is 2.73. The van der Waals surface area contributed by atoms with Crippen LogP contribution >= 0.6 is 0 Å². The topological polar surface area (TPSA) is 41.6 Å². The van der Waals surface area contributed by atoms with E-state index in [0.717, 1.165) is 29.8 Å². The van der Waals surface area contributed by atoms with E-state index in [0.29, 0.717) is 11.5 Å². The molecule has 0 N–H and O–H groups in total. The smallest absolute Gasteiger partial charge is 0.112 e. The van der Waals surface area contributed by atoms with Gasteiger partial charge in [-0.25, -0.2) is 4.98 Å². The SMILES string of the molecule is CCC(C)c1nc2cc(C#N)ccc2n1CC. The first-order valence-electron chi connectivity index (χ1n) is 6.11. The summed E-state index contributed by atoms with van der Waals surface area (Å²) in [5.74, 6) is 1.58. The maximum atomic E-state index is 8.90. The van der Waals surface area contributed by atoms with Gasteiger partial charge in [-0.1, -0.05) is 13.8 Å². The molecule has 88 valence electrons. The standard InChI is InChI=1S/C14H17N3/c1-4-10(3)14-16-12-8-11(9-15)6-7-13(12)17(14)5-2/h6-8,10H,4-5H2,1-3H3. The molecule has 2 aromatic rings. The van der Waals surface area contributed by atoms with Crippen molar-refractivity contribution in [2.24, 2.45) is 0 Å². The van der Waals surface area contributed by atoms with Crippen molar-refractivity contribution in [3.8, 4) is 6.07 Å². The van der Waals surface area contributed by atoms with Crippen molar-refractivity contribution in [2.75, 3.05) is 0 Å². The van der Waals surface area contributed by atoms with Crippen molar-refractivity contribution in [3.05, 3.63) is 29.6 Å². The molecule has 0 spiro atoms. The lowest BCUT2D eigenvalue weighted by atomic mass is 10.1. The van der Waals surface area contributed by atoms with Gasteiger partial charge in [0.25, 0.3) is 0 Å². The molecule has 0 bridgehead atoms. The maximum absolute atomic E-state index is 8.90. The minimum Gasteiger partial charge on any atom is -0.328 e. The van der Waals surface area contributed by atoms with E-state index in [9.17, 15) is 0 Å².